The van der Waals surface area contributed by atoms with Crippen molar-refractivity contribution in [1.29, 1.82) is 0 Å². The highest BCUT2D eigenvalue weighted by Gasteiger charge is 2.22. The van der Waals surface area contributed by atoms with Gasteiger partial charge in [-0.3, -0.25) is 4.90 Å². The third kappa shape index (κ3) is 5.48. The molecule has 1 atom stereocenters. The van der Waals surface area contributed by atoms with Crippen LogP contribution in [0.4, 0.5) is 0 Å². The van der Waals surface area contributed by atoms with Crippen molar-refractivity contribution in [1.82, 2.24) is 10.2 Å². The fraction of sp³-hybridized carbons (Fsp3) is 0.778. The molecule has 3 nitrogen and oxygen atoms in total. The molecule has 1 aliphatic heterocycles. The Balaban J connectivity index is 1.83. The average molecular weight is 292 g/mol. The zero-order valence-electron chi connectivity index (χ0n) is 14.0. The van der Waals surface area contributed by atoms with Crippen LogP contribution >= 0.6 is 0 Å². The van der Waals surface area contributed by atoms with E-state index in [9.17, 15) is 0 Å². The zero-order chi connectivity index (χ0) is 15.1. The van der Waals surface area contributed by atoms with E-state index >= 15 is 0 Å². The maximum absolute atomic E-state index is 5.77. The fourth-order valence-corrected chi connectivity index (χ4v) is 3.24. The van der Waals surface area contributed by atoms with E-state index in [0.29, 0.717) is 5.92 Å². The monoisotopic (exact) mass is 292 g/mol. The molecule has 1 aliphatic rings. The molecule has 1 fully saturated rings. The van der Waals surface area contributed by atoms with Crippen molar-refractivity contribution in [3.05, 3.63) is 23.7 Å². The molecule has 21 heavy (non-hydrogen) atoms. The van der Waals surface area contributed by atoms with Crippen LogP contribution in [-0.4, -0.2) is 24.0 Å². The second-order valence-electron chi connectivity index (χ2n) is 6.85. The molecular weight excluding hydrogens is 260 g/mol. The van der Waals surface area contributed by atoms with Crippen molar-refractivity contribution in [3.63, 3.8) is 0 Å². The van der Waals surface area contributed by atoms with Crippen LogP contribution in [0.5, 0.6) is 0 Å². The Morgan fingerprint density at radius 1 is 1.38 bits per heavy atom. The van der Waals surface area contributed by atoms with E-state index in [1.54, 1.807) is 0 Å². The molecule has 0 bridgehead atoms. The number of piperidine rings is 1. The van der Waals surface area contributed by atoms with Crippen molar-refractivity contribution in [2.45, 2.75) is 72.0 Å². The van der Waals surface area contributed by atoms with Crippen molar-refractivity contribution < 1.29 is 4.42 Å². The Hall–Kier alpha value is -0.800. The van der Waals surface area contributed by atoms with Gasteiger partial charge in [0, 0.05) is 18.2 Å². The van der Waals surface area contributed by atoms with E-state index in [1.165, 1.54) is 44.2 Å². The van der Waals surface area contributed by atoms with Gasteiger partial charge in [-0.2, -0.15) is 0 Å². The molecule has 1 unspecified atom stereocenters. The molecule has 0 aromatic carbocycles. The van der Waals surface area contributed by atoms with E-state index in [-0.39, 0.29) is 0 Å². The SMILES string of the molecule is CCCC1CCCCN1Cc1cc(CNCC(C)C)co1. The molecule has 1 saturated heterocycles. The summed E-state index contributed by atoms with van der Waals surface area (Å²) in [6.45, 7) is 10.9. The lowest BCUT2D eigenvalue weighted by Crippen LogP contribution is -2.38. The maximum atomic E-state index is 5.77. The zero-order valence-corrected chi connectivity index (χ0v) is 14.0. The Bertz CT molecular complexity index is 398. The van der Waals surface area contributed by atoms with Crippen LogP contribution in [0.25, 0.3) is 0 Å². The molecule has 0 amide bonds. The Morgan fingerprint density at radius 3 is 3.00 bits per heavy atom. The number of nitrogens with zero attached hydrogens (tertiary/aromatic N) is 1. The number of nitrogens with one attached hydrogen (secondary N) is 1. The fourth-order valence-electron chi connectivity index (χ4n) is 3.24. The van der Waals surface area contributed by atoms with Gasteiger partial charge in [0.2, 0.25) is 0 Å². The minimum atomic E-state index is 0.694. The van der Waals surface area contributed by atoms with Crippen LogP contribution < -0.4 is 5.32 Å². The van der Waals surface area contributed by atoms with Gasteiger partial charge >= 0.3 is 0 Å². The molecule has 1 aromatic rings. The quantitative estimate of drug-likeness (QED) is 0.779. The summed E-state index contributed by atoms with van der Waals surface area (Å²) in [5.74, 6) is 1.82. The minimum Gasteiger partial charge on any atom is -0.468 e. The maximum Gasteiger partial charge on any atom is 0.118 e. The topological polar surface area (TPSA) is 28.4 Å². The number of hydrogen-bond acceptors (Lipinski definition) is 3. The third-order valence-electron chi connectivity index (χ3n) is 4.32. The van der Waals surface area contributed by atoms with Gasteiger partial charge in [-0.25, -0.2) is 0 Å². The van der Waals surface area contributed by atoms with Crippen LogP contribution in [0.1, 0.15) is 64.2 Å². The minimum absolute atomic E-state index is 0.694. The van der Waals surface area contributed by atoms with E-state index in [2.05, 4.69) is 37.1 Å². The summed E-state index contributed by atoms with van der Waals surface area (Å²) in [6.07, 6.45) is 8.61. The molecule has 0 aliphatic carbocycles. The van der Waals surface area contributed by atoms with E-state index < -0.39 is 0 Å². The van der Waals surface area contributed by atoms with Gasteiger partial charge in [0.1, 0.15) is 5.76 Å². The van der Waals surface area contributed by atoms with Crippen LogP contribution in [0.2, 0.25) is 0 Å². The lowest BCUT2D eigenvalue weighted by Gasteiger charge is -2.35. The highest BCUT2D eigenvalue weighted by molar-refractivity contribution is 5.12. The molecule has 1 N–H and O–H groups in total. The lowest BCUT2D eigenvalue weighted by molar-refractivity contribution is 0.122. The largest absolute Gasteiger partial charge is 0.468 e. The molecular formula is C18H32N2O. The van der Waals surface area contributed by atoms with Gasteiger partial charge in [-0.1, -0.05) is 33.6 Å². The van der Waals surface area contributed by atoms with Crippen LogP contribution in [-0.2, 0) is 13.1 Å². The Kier molecular flexibility index (Phi) is 6.78. The highest BCUT2D eigenvalue weighted by atomic mass is 16.3. The molecule has 0 radical (unpaired) electrons. The van der Waals surface area contributed by atoms with Crippen LogP contribution in [0.15, 0.2) is 16.7 Å². The Labute approximate surface area is 130 Å². The summed E-state index contributed by atoms with van der Waals surface area (Å²) in [5, 5.41) is 3.47. The first-order chi connectivity index (χ1) is 10.2. The summed E-state index contributed by atoms with van der Waals surface area (Å²) >= 11 is 0. The van der Waals surface area contributed by atoms with Crippen LogP contribution in [0.3, 0.4) is 0 Å². The molecule has 0 saturated carbocycles. The van der Waals surface area contributed by atoms with Gasteiger partial charge in [0.15, 0.2) is 0 Å². The molecule has 3 heteroatoms. The second kappa shape index (κ2) is 8.60. The molecule has 1 aromatic heterocycles. The smallest absolute Gasteiger partial charge is 0.118 e. The second-order valence-corrected chi connectivity index (χ2v) is 6.85. The van der Waals surface area contributed by atoms with Crippen molar-refractivity contribution in [2.24, 2.45) is 5.92 Å². The van der Waals surface area contributed by atoms with E-state index in [0.717, 1.165) is 31.4 Å². The molecule has 120 valence electrons. The summed E-state index contributed by atoms with van der Waals surface area (Å²) < 4.78 is 5.77. The molecule has 2 rings (SSSR count). The molecule has 0 spiro atoms. The average Bonchev–Trinajstić information content (AvgIpc) is 2.88. The van der Waals surface area contributed by atoms with E-state index in [1.807, 2.05) is 6.26 Å². The number of likely N-dealkylation sites (tertiary alicyclic amines) is 1. The summed E-state index contributed by atoms with van der Waals surface area (Å²) in [6, 6.07) is 2.99. The first kappa shape index (κ1) is 16.6. The van der Waals surface area contributed by atoms with Crippen molar-refractivity contribution >= 4 is 0 Å². The lowest BCUT2D eigenvalue weighted by atomic mass is 9.98. The predicted octanol–water partition coefficient (Wildman–Crippen LogP) is 4.18. The van der Waals surface area contributed by atoms with Gasteiger partial charge in [0.25, 0.3) is 0 Å². The summed E-state index contributed by atoms with van der Waals surface area (Å²) in [5.41, 5.74) is 1.27. The normalized spacial score (nSPS) is 20.3. The Morgan fingerprint density at radius 2 is 2.24 bits per heavy atom. The van der Waals surface area contributed by atoms with E-state index in [4.69, 9.17) is 4.42 Å². The predicted molar refractivity (Wildman–Crippen MR) is 88.2 cm³/mol. The van der Waals surface area contributed by atoms with Crippen LogP contribution in [0, 0.1) is 5.92 Å². The van der Waals surface area contributed by atoms with Crippen molar-refractivity contribution in [2.75, 3.05) is 13.1 Å². The standard InChI is InChI=1S/C18H32N2O/c1-4-7-17-8-5-6-9-20(17)13-18-10-16(14-21-18)12-19-11-15(2)3/h10,14-15,17,19H,4-9,11-13H2,1-3H3. The highest BCUT2D eigenvalue weighted by Crippen LogP contribution is 2.23. The van der Waals surface area contributed by atoms with Gasteiger partial charge in [0.05, 0.1) is 12.8 Å². The summed E-state index contributed by atoms with van der Waals surface area (Å²) in [4.78, 5) is 2.62. The number of hydrogen-bond donors (Lipinski definition) is 1. The number of rotatable bonds is 8. The summed E-state index contributed by atoms with van der Waals surface area (Å²) in [7, 11) is 0. The first-order valence-corrected chi connectivity index (χ1v) is 8.70. The first-order valence-electron chi connectivity index (χ1n) is 8.70. The van der Waals surface area contributed by atoms with Gasteiger partial charge in [-0.05, 0) is 44.3 Å². The molecule has 2 heterocycles. The third-order valence-corrected chi connectivity index (χ3v) is 4.32. The van der Waals surface area contributed by atoms with Gasteiger partial charge in [-0.15, -0.1) is 0 Å². The van der Waals surface area contributed by atoms with Gasteiger partial charge < -0.3 is 9.73 Å². The van der Waals surface area contributed by atoms with Crippen molar-refractivity contribution in [3.8, 4) is 0 Å². The number of furan rings is 1.